The number of nitrogens with zero attached hydrogens (tertiary/aromatic N) is 1. The number of ether oxygens (including phenoxy) is 1. The van der Waals surface area contributed by atoms with E-state index in [9.17, 15) is 4.79 Å². The monoisotopic (exact) mass is 270 g/mol. The summed E-state index contributed by atoms with van der Waals surface area (Å²) in [6.45, 7) is 14.4. The molecule has 0 bridgehead atoms. The largest absolute Gasteiger partial charge is 0.444 e. The summed E-state index contributed by atoms with van der Waals surface area (Å²) in [4.78, 5) is 13.7. The number of hydrogen-bond acceptors (Lipinski definition) is 3. The summed E-state index contributed by atoms with van der Waals surface area (Å²) in [6.07, 6.45) is 2.40. The van der Waals surface area contributed by atoms with E-state index in [0.717, 1.165) is 6.54 Å². The summed E-state index contributed by atoms with van der Waals surface area (Å²) >= 11 is 0. The Balaban J connectivity index is 2.30. The van der Waals surface area contributed by atoms with Crippen LogP contribution in [0.5, 0.6) is 0 Å². The van der Waals surface area contributed by atoms with Crippen LogP contribution in [0.4, 0.5) is 4.79 Å². The maximum absolute atomic E-state index is 12.0. The average molecular weight is 270 g/mol. The van der Waals surface area contributed by atoms with Gasteiger partial charge in [-0.15, -0.1) is 0 Å². The normalized spacial score (nSPS) is 18.8. The van der Waals surface area contributed by atoms with Gasteiger partial charge in [0, 0.05) is 25.7 Å². The molecule has 1 N–H and O–H groups in total. The average Bonchev–Trinajstić information content (AvgIpc) is 3.01. The first kappa shape index (κ1) is 16.3. The lowest BCUT2D eigenvalue weighted by Crippen LogP contribution is -2.43. The highest BCUT2D eigenvalue weighted by Crippen LogP contribution is 2.47. The fraction of sp³-hybridized carbons (Fsp3) is 0.933. The van der Waals surface area contributed by atoms with Gasteiger partial charge in [0.25, 0.3) is 0 Å². The molecule has 0 radical (unpaired) electrons. The second-order valence-corrected chi connectivity index (χ2v) is 6.89. The van der Waals surface area contributed by atoms with E-state index in [1.807, 2.05) is 27.7 Å². The fourth-order valence-corrected chi connectivity index (χ4v) is 2.00. The molecule has 4 heteroatoms. The maximum Gasteiger partial charge on any atom is 0.410 e. The minimum absolute atomic E-state index is 0.220. The Labute approximate surface area is 117 Å². The molecule has 0 aromatic carbocycles. The van der Waals surface area contributed by atoms with Crippen molar-refractivity contribution >= 4 is 6.09 Å². The maximum atomic E-state index is 12.0. The molecule has 1 aliphatic carbocycles. The third kappa shape index (κ3) is 5.39. The highest BCUT2D eigenvalue weighted by Gasteiger charge is 2.42. The van der Waals surface area contributed by atoms with Crippen molar-refractivity contribution in [3.63, 3.8) is 0 Å². The summed E-state index contributed by atoms with van der Waals surface area (Å²) < 4.78 is 5.39. The summed E-state index contributed by atoms with van der Waals surface area (Å²) in [6, 6.07) is 0.518. The van der Waals surface area contributed by atoms with Gasteiger partial charge in [-0.2, -0.15) is 0 Å². The van der Waals surface area contributed by atoms with E-state index in [1.54, 1.807) is 4.90 Å². The van der Waals surface area contributed by atoms with Crippen molar-refractivity contribution in [1.82, 2.24) is 10.2 Å². The molecule has 0 spiro atoms. The van der Waals surface area contributed by atoms with Crippen LogP contribution < -0.4 is 5.32 Å². The zero-order valence-electron chi connectivity index (χ0n) is 13.4. The van der Waals surface area contributed by atoms with Gasteiger partial charge in [0.05, 0.1) is 0 Å². The Kier molecular flexibility index (Phi) is 5.25. The van der Waals surface area contributed by atoms with Crippen molar-refractivity contribution in [2.45, 2.75) is 66.0 Å². The number of carbonyl (C=O) groups is 1. The van der Waals surface area contributed by atoms with E-state index in [0.29, 0.717) is 24.5 Å². The van der Waals surface area contributed by atoms with Crippen LogP contribution in [-0.2, 0) is 4.74 Å². The van der Waals surface area contributed by atoms with Gasteiger partial charge in [0.15, 0.2) is 0 Å². The molecule has 0 heterocycles. The third-order valence-electron chi connectivity index (χ3n) is 3.95. The zero-order chi connectivity index (χ0) is 14.7. The first-order valence-electron chi connectivity index (χ1n) is 7.39. The van der Waals surface area contributed by atoms with Gasteiger partial charge in [-0.25, -0.2) is 4.79 Å². The van der Waals surface area contributed by atoms with E-state index in [4.69, 9.17) is 4.74 Å². The molecule has 1 rings (SSSR count). The zero-order valence-corrected chi connectivity index (χ0v) is 13.4. The topological polar surface area (TPSA) is 41.6 Å². The van der Waals surface area contributed by atoms with Crippen molar-refractivity contribution in [2.24, 2.45) is 5.41 Å². The molecule has 0 aromatic rings. The lowest BCUT2D eigenvalue weighted by molar-refractivity contribution is 0.0260. The van der Waals surface area contributed by atoms with Gasteiger partial charge in [-0.3, -0.25) is 0 Å². The summed E-state index contributed by atoms with van der Waals surface area (Å²) in [5.74, 6) is 0. The Morgan fingerprint density at radius 1 is 1.42 bits per heavy atom. The third-order valence-corrected chi connectivity index (χ3v) is 3.95. The lowest BCUT2D eigenvalue weighted by Gasteiger charge is -2.27. The van der Waals surface area contributed by atoms with Gasteiger partial charge in [0.1, 0.15) is 5.60 Å². The van der Waals surface area contributed by atoms with E-state index in [2.05, 4.69) is 19.2 Å². The molecule has 112 valence electrons. The van der Waals surface area contributed by atoms with Crippen LogP contribution in [-0.4, -0.2) is 42.3 Å². The van der Waals surface area contributed by atoms with Crippen LogP contribution in [0.3, 0.4) is 0 Å². The van der Waals surface area contributed by atoms with Crippen LogP contribution in [0.2, 0.25) is 0 Å². The van der Waals surface area contributed by atoms with Crippen molar-refractivity contribution in [3.05, 3.63) is 0 Å². The first-order chi connectivity index (χ1) is 8.68. The highest BCUT2D eigenvalue weighted by atomic mass is 16.6. The number of likely N-dealkylation sites (N-methyl/N-ethyl adjacent to an activating group) is 1. The molecule has 0 saturated heterocycles. The van der Waals surface area contributed by atoms with Gasteiger partial charge < -0.3 is 15.0 Å². The van der Waals surface area contributed by atoms with E-state index in [1.165, 1.54) is 12.8 Å². The standard InChI is InChI=1S/C15H30N2O2/c1-7-17(13(18)19-14(3,4)5)11-10-16-12(2)15(6)8-9-15/h12,16H,7-11H2,1-6H3. The Morgan fingerprint density at radius 3 is 2.42 bits per heavy atom. The fourth-order valence-electron chi connectivity index (χ4n) is 2.00. The Hall–Kier alpha value is -0.770. The molecule has 1 fully saturated rings. The number of carbonyl (C=O) groups excluding carboxylic acids is 1. The smallest absolute Gasteiger partial charge is 0.410 e. The van der Waals surface area contributed by atoms with Crippen molar-refractivity contribution in [3.8, 4) is 0 Å². The van der Waals surface area contributed by atoms with Crippen LogP contribution in [0.1, 0.15) is 54.4 Å². The number of amides is 1. The predicted molar refractivity (Wildman–Crippen MR) is 78.3 cm³/mol. The lowest BCUT2D eigenvalue weighted by atomic mass is 10.0. The number of nitrogens with one attached hydrogen (secondary N) is 1. The molecule has 0 aromatic heterocycles. The van der Waals surface area contributed by atoms with Crippen molar-refractivity contribution in [2.75, 3.05) is 19.6 Å². The summed E-state index contributed by atoms with van der Waals surface area (Å²) in [7, 11) is 0. The van der Waals surface area contributed by atoms with Gasteiger partial charge in [-0.05, 0) is 52.9 Å². The highest BCUT2D eigenvalue weighted by molar-refractivity contribution is 5.68. The molecular formula is C15H30N2O2. The Morgan fingerprint density at radius 2 is 2.00 bits per heavy atom. The quantitative estimate of drug-likeness (QED) is 0.806. The van der Waals surface area contributed by atoms with Crippen molar-refractivity contribution in [1.29, 1.82) is 0 Å². The van der Waals surface area contributed by atoms with Gasteiger partial charge >= 0.3 is 6.09 Å². The summed E-state index contributed by atoms with van der Waals surface area (Å²) in [5.41, 5.74) is 0.0513. The van der Waals surface area contributed by atoms with Gasteiger partial charge in [0.2, 0.25) is 0 Å². The number of rotatable bonds is 6. The van der Waals surface area contributed by atoms with Crippen LogP contribution in [0.15, 0.2) is 0 Å². The first-order valence-corrected chi connectivity index (χ1v) is 7.39. The van der Waals surface area contributed by atoms with Crippen LogP contribution >= 0.6 is 0 Å². The second-order valence-electron chi connectivity index (χ2n) is 6.89. The molecule has 4 nitrogen and oxygen atoms in total. The molecule has 1 amide bonds. The SMILES string of the molecule is CCN(CCNC(C)C1(C)CC1)C(=O)OC(C)(C)C. The minimum Gasteiger partial charge on any atom is -0.444 e. The minimum atomic E-state index is -0.424. The molecule has 1 atom stereocenters. The summed E-state index contributed by atoms with van der Waals surface area (Å²) in [5, 5.41) is 3.52. The van der Waals surface area contributed by atoms with Gasteiger partial charge in [-0.1, -0.05) is 6.92 Å². The molecule has 1 unspecified atom stereocenters. The van der Waals surface area contributed by atoms with Crippen LogP contribution in [0, 0.1) is 5.41 Å². The van der Waals surface area contributed by atoms with E-state index >= 15 is 0 Å². The Bertz CT molecular complexity index is 306. The van der Waals surface area contributed by atoms with E-state index in [-0.39, 0.29) is 6.09 Å². The molecule has 1 saturated carbocycles. The predicted octanol–water partition coefficient (Wildman–Crippen LogP) is 3.02. The molecule has 1 aliphatic rings. The van der Waals surface area contributed by atoms with Crippen LogP contribution in [0.25, 0.3) is 0 Å². The number of hydrogen-bond donors (Lipinski definition) is 1. The second kappa shape index (κ2) is 6.12. The molecular weight excluding hydrogens is 240 g/mol. The molecule has 19 heavy (non-hydrogen) atoms. The molecule has 0 aliphatic heterocycles. The van der Waals surface area contributed by atoms with Crippen molar-refractivity contribution < 1.29 is 9.53 Å². The van der Waals surface area contributed by atoms with E-state index < -0.39 is 5.60 Å².